The van der Waals surface area contributed by atoms with Crippen LogP contribution in [0.4, 0.5) is 0 Å². The summed E-state index contributed by atoms with van der Waals surface area (Å²) >= 11 is 0. The number of rotatable bonds is 0. The predicted octanol–water partition coefficient (Wildman–Crippen LogP) is -0.342. The monoisotopic (exact) mass is 168 g/mol. The van der Waals surface area contributed by atoms with Gasteiger partial charge in [-0.1, -0.05) is 6.08 Å². The van der Waals surface area contributed by atoms with Crippen molar-refractivity contribution in [3.05, 3.63) is 12.3 Å². The topological polar surface area (TPSA) is 48.5 Å². The summed E-state index contributed by atoms with van der Waals surface area (Å²) in [6, 6.07) is 0. The predicted molar refractivity (Wildman–Crippen MR) is 51.1 cm³/mol. The summed E-state index contributed by atoms with van der Waals surface area (Å²) in [5, 5.41) is 9.17. The fourth-order valence-electron chi connectivity index (χ4n) is 0.895. The summed E-state index contributed by atoms with van der Waals surface area (Å²) in [7, 11) is 0. The first-order chi connectivity index (χ1) is 6.00. The van der Waals surface area contributed by atoms with E-state index in [1.807, 2.05) is 18.5 Å². The second-order valence-corrected chi connectivity index (χ2v) is 2.55. The van der Waals surface area contributed by atoms with Gasteiger partial charge in [0.05, 0.1) is 13.3 Å². The first kappa shape index (κ1) is 9.22. The van der Waals surface area contributed by atoms with E-state index in [0.717, 1.165) is 32.8 Å². The lowest BCUT2D eigenvalue weighted by atomic mass is 10.4. The van der Waals surface area contributed by atoms with Crippen molar-refractivity contribution in [2.75, 3.05) is 26.4 Å². The molecule has 2 aliphatic rings. The lowest BCUT2D eigenvalue weighted by molar-refractivity contribution is 0.669. The average Bonchev–Trinajstić information content (AvgIpc) is 2.24. The highest BCUT2D eigenvalue weighted by atomic mass is 15.1. The highest BCUT2D eigenvalue weighted by molar-refractivity contribution is 5.57. The number of nitrogens with one attached hydrogen (secondary N) is 3. The molecule has 0 amide bonds. The molecule has 2 aliphatic heterocycles. The van der Waals surface area contributed by atoms with Gasteiger partial charge in [-0.2, -0.15) is 0 Å². The van der Waals surface area contributed by atoms with Crippen LogP contribution in [0.25, 0.3) is 0 Å². The molecule has 0 aromatic rings. The molecule has 0 bridgehead atoms. The molecule has 0 aromatic heterocycles. The first-order valence-electron chi connectivity index (χ1n) is 4.28. The van der Waals surface area contributed by atoms with Gasteiger partial charge in [-0.15, -0.1) is 0 Å². The molecular weight excluding hydrogens is 152 g/mol. The van der Waals surface area contributed by atoms with E-state index in [9.17, 15) is 0 Å². The van der Waals surface area contributed by atoms with Crippen molar-refractivity contribution in [2.24, 2.45) is 4.99 Å². The maximum Gasteiger partial charge on any atom is 0.0880 e. The van der Waals surface area contributed by atoms with E-state index in [1.54, 1.807) is 0 Å². The van der Waals surface area contributed by atoms with Gasteiger partial charge in [0.2, 0.25) is 0 Å². The van der Waals surface area contributed by atoms with Crippen LogP contribution in [0.1, 0.15) is 6.42 Å². The Morgan fingerprint density at radius 3 is 2.42 bits per heavy atom. The summed E-state index contributed by atoms with van der Waals surface area (Å²) in [5.74, 6) is 0. The molecule has 0 saturated carbocycles. The van der Waals surface area contributed by atoms with Crippen LogP contribution in [0.2, 0.25) is 0 Å². The zero-order valence-electron chi connectivity index (χ0n) is 7.21. The Morgan fingerprint density at radius 1 is 1.25 bits per heavy atom. The highest BCUT2D eigenvalue weighted by Crippen LogP contribution is 1.76. The molecule has 0 unspecified atom stereocenters. The third-order valence-corrected chi connectivity index (χ3v) is 1.51. The normalized spacial score (nSPS) is 20.7. The van der Waals surface area contributed by atoms with Crippen LogP contribution < -0.4 is 16.0 Å². The Kier molecular flexibility index (Phi) is 5.24. The third kappa shape index (κ3) is 4.87. The molecule has 3 N–H and O–H groups in total. The highest BCUT2D eigenvalue weighted by Gasteiger charge is 1.85. The van der Waals surface area contributed by atoms with Crippen LogP contribution in [0.3, 0.4) is 0 Å². The van der Waals surface area contributed by atoms with Gasteiger partial charge in [-0.25, -0.2) is 0 Å². The molecule has 4 nitrogen and oxygen atoms in total. The van der Waals surface area contributed by atoms with Crippen LogP contribution in [-0.4, -0.2) is 32.6 Å². The molecule has 2 heterocycles. The van der Waals surface area contributed by atoms with Crippen LogP contribution in [0.15, 0.2) is 17.3 Å². The molecule has 0 spiro atoms. The summed E-state index contributed by atoms with van der Waals surface area (Å²) < 4.78 is 0. The van der Waals surface area contributed by atoms with Gasteiger partial charge in [-0.05, 0) is 12.6 Å². The summed E-state index contributed by atoms with van der Waals surface area (Å²) in [5.41, 5.74) is 0. The average molecular weight is 168 g/mol. The minimum absolute atomic E-state index is 0.819. The van der Waals surface area contributed by atoms with Gasteiger partial charge in [0, 0.05) is 19.3 Å². The Balaban J connectivity index is 0.000000120. The minimum Gasteiger partial charge on any atom is -0.379 e. The second-order valence-electron chi connectivity index (χ2n) is 2.55. The first-order valence-corrected chi connectivity index (χ1v) is 4.28. The molecule has 0 fully saturated rings. The van der Waals surface area contributed by atoms with E-state index >= 15 is 0 Å². The van der Waals surface area contributed by atoms with Crippen molar-refractivity contribution < 1.29 is 0 Å². The standard InChI is InChI=1S/2C4H8N2/c2*1-2-5-4-6-3-1/h2,6H,1,3-4H2;1-2,5-6H,3-4H2. The maximum atomic E-state index is 3.94. The lowest BCUT2D eigenvalue weighted by Crippen LogP contribution is -2.29. The summed E-state index contributed by atoms with van der Waals surface area (Å²) in [6.07, 6.45) is 7.05. The molecule has 2 rings (SSSR count). The van der Waals surface area contributed by atoms with Crippen molar-refractivity contribution in [2.45, 2.75) is 6.42 Å². The Bertz CT molecular complexity index is 119. The Morgan fingerprint density at radius 2 is 2.25 bits per heavy atom. The van der Waals surface area contributed by atoms with E-state index < -0.39 is 0 Å². The number of hydrogen-bond acceptors (Lipinski definition) is 4. The molecule has 12 heavy (non-hydrogen) atoms. The molecule has 0 atom stereocenters. The number of aliphatic imine (C=N–C) groups is 1. The van der Waals surface area contributed by atoms with Crippen molar-refractivity contribution >= 4 is 6.21 Å². The van der Waals surface area contributed by atoms with E-state index in [-0.39, 0.29) is 0 Å². The number of nitrogens with zero attached hydrogens (tertiary/aromatic N) is 1. The van der Waals surface area contributed by atoms with Gasteiger partial charge in [0.15, 0.2) is 0 Å². The summed E-state index contributed by atoms with van der Waals surface area (Å²) in [4.78, 5) is 3.94. The molecular formula is C8H16N4. The molecule has 4 heteroatoms. The molecule has 0 aromatic carbocycles. The fourth-order valence-corrected chi connectivity index (χ4v) is 0.895. The molecule has 0 saturated heterocycles. The quantitative estimate of drug-likeness (QED) is 0.464. The Labute approximate surface area is 73.1 Å². The van der Waals surface area contributed by atoms with Gasteiger partial charge in [0.25, 0.3) is 0 Å². The third-order valence-electron chi connectivity index (χ3n) is 1.51. The van der Waals surface area contributed by atoms with Crippen molar-refractivity contribution in [3.63, 3.8) is 0 Å². The van der Waals surface area contributed by atoms with Crippen molar-refractivity contribution in [1.82, 2.24) is 16.0 Å². The minimum atomic E-state index is 0.819. The summed E-state index contributed by atoms with van der Waals surface area (Å²) in [6.45, 7) is 3.84. The number of hydrogen-bond donors (Lipinski definition) is 3. The molecule has 0 aliphatic carbocycles. The van der Waals surface area contributed by atoms with Gasteiger partial charge in [0.1, 0.15) is 0 Å². The lowest BCUT2D eigenvalue weighted by Gasteiger charge is -2.05. The van der Waals surface area contributed by atoms with Crippen molar-refractivity contribution in [3.8, 4) is 0 Å². The molecule has 68 valence electrons. The van der Waals surface area contributed by atoms with Gasteiger partial charge < -0.3 is 5.32 Å². The van der Waals surface area contributed by atoms with E-state index in [0.29, 0.717) is 0 Å². The van der Waals surface area contributed by atoms with E-state index in [1.165, 1.54) is 0 Å². The van der Waals surface area contributed by atoms with Crippen LogP contribution in [0, 0.1) is 0 Å². The second kappa shape index (κ2) is 6.82. The van der Waals surface area contributed by atoms with E-state index in [2.05, 4.69) is 20.9 Å². The van der Waals surface area contributed by atoms with Crippen LogP contribution >= 0.6 is 0 Å². The van der Waals surface area contributed by atoms with Crippen molar-refractivity contribution in [1.29, 1.82) is 0 Å². The SMILES string of the molecule is C1=CNCNC1.C1=NCNCC1. The zero-order valence-corrected chi connectivity index (χ0v) is 7.21. The van der Waals surface area contributed by atoms with Crippen LogP contribution in [0.5, 0.6) is 0 Å². The smallest absolute Gasteiger partial charge is 0.0880 e. The Hall–Kier alpha value is -0.870. The zero-order chi connectivity index (χ0) is 8.49. The van der Waals surface area contributed by atoms with Gasteiger partial charge >= 0.3 is 0 Å². The van der Waals surface area contributed by atoms with Gasteiger partial charge in [-0.3, -0.25) is 15.6 Å². The maximum absolute atomic E-state index is 3.94. The molecule has 0 radical (unpaired) electrons. The largest absolute Gasteiger partial charge is 0.379 e. The van der Waals surface area contributed by atoms with E-state index in [4.69, 9.17) is 0 Å². The fraction of sp³-hybridized carbons (Fsp3) is 0.625. The van der Waals surface area contributed by atoms with Crippen LogP contribution in [-0.2, 0) is 0 Å².